The van der Waals surface area contributed by atoms with Gasteiger partial charge in [-0.3, -0.25) is 9.78 Å². The van der Waals surface area contributed by atoms with Crippen LogP contribution in [0.3, 0.4) is 0 Å². The molecule has 3 aromatic rings. The Labute approximate surface area is 186 Å². The number of benzene rings is 1. The summed E-state index contributed by atoms with van der Waals surface area (Å²) in [6.07, 6.45) is 5.81. The zero-order valence-corrected chi connectivity index (χ0v) is 18.9. The van der Waals surface area contributed by atoms with Gasteiger partial charge in [0.25, 0.3) is 0 Å². The molecule has 1 fully saturated rings. The second kappa shape index (κ2) is 7.35. The third-order valence-corrected chi connectivity index (χ3v) is 8.58. The quantitative estimate of drug-likeness (QED) is 0.535. The first kappa shape index (κ1) is 20.5. The Hall–Kier alpha value is -2.38. The fourth-order valence-corrected chi connectivity index (χ4v) is 5.74. The number of halogens is 1. The number of rotatable bonds is 7. The van der Waals surface area contributed by atoms with Crippen LogP contribution in [0.4, 0.5) is 5.69 Å². The summed E-state index contributed by atoms with van der Waals surface area (Å²) in [4.78, 5) is 19.4. The lowest BCUT2D eigenvalue weighted by atomic mass is 9.99. The summed E-state index contributed by atoms with van der Waals surface area (Å²) in [5, 5.41) is 1.63. The number of hydrogen-bond acceptors (Lipinski definition) is 4. The lowest BCUT2D eigenvalue weighted by molar-refractivity contribution is -0.120. The molecule has 2 aliphatic rings. The molecule has 0 bridgehead atoms. The van der Waals surface area contributed by atoms with E-state index in [2.05, 4.69) is 15.6 Å². The van der Waals surface area contributed by atoms with Gasteiger partial charge in [-0.2, -0.15) is 0 Å². The van der Waals surface area contributed by atoms with Gasteiger partial charge in [0, 0.05) is 40.1 Å². The van der Waals surface area contributed by atoms with Gasteiger partial charge in [0.1, 0.15) is 9.84 Å². The predicted octanol–water partition coefficient (Wildman–Crippen LogP) is 4.09. The Morgan fingerprint density at radius 1 is 1.19 bits per heavy atom. The Kier molecular flexibility index (Phi) is 4.86. The van der Waals surface area contributed by atoms with Crippen molar-refractivity contribution in [1.29, 1.82) is 0 Å². The number of aromatic nitrogens is 2. The first-order valence-corrected chi connectivity index (χ1v) is 12.8. The maximum Gasteiger partial charge on any atom is 0.238 e. The molecule has 0 saturated heterocycles. The monoisotopic (exact) mass is 457 g/mol. The largest absolute Gasteiger partial charge is 0.343 e. The molecule has 1 saturated carbocycles. The number of carbonyl (C=O) groups excluding carboxylic acids is 1. The van der Waals surface area contributed by atoms with Crippen molar-refractivity contribution in [2.24, 2.45) is 0 Å². The predicted molar refractivity (Wildman–Crippen MR) is 122 cm³/mol. The SMILES string of the molecule is CCS(=O)(=O)CCCn1c(CN2C(=O)C3(CC3)c3ccncc32)cc2cc(Cl)ccc21. The van der Waals surface area contributed by atoms with Crippen LogP contribution in [0.5, 0.6) is 0 Å². The smallest absolute Gasteiger partial charge is 0.238 e. The standard InChI is InChI=1S/C23H24ClN3O3S/c1-2-31(29,30)11-3-10-26-18(13-16-12-17(24)4-5-20(16)26)15-27-21-14-25-9-6-19(21)23(7-8-23)22(27)28/h4-6,9,12-14H,2-3,7-8,10-11,15H2,1H3. The summed E-state index contributed by atoms with van der Waals surface area (Å²) in [5.41, 5.74) is 3.55. The fraction of sp³-hybridized carbons (Fsp3) is 0.391. The van der Waals surface area contributed by atoms with Crippen molar-refractivity contribution in [2.45, 2.75) is 44.7 Å². The maximum absolute atomic E-state index is 13.3. The molecular formula is C23H24ClN3O3S. The van der Waals surface area contributed by atoms with Crippen molar-refractivity contribution in [1.82, 2.24) is 9.55 Å². The molecule has 0 unspecified atom stereocenters. The van der Waals surface area contributed by atoms with Crippen LogP contribution in [0.25, 0.3) is 10.9 Å². The minimum absolute atomic E-state index is 0.138. The molecule has 0 N–H and O–H groups in total. The number of sulfone groups is 1. The van der Waals surface area contributed by atoms with Crippen LogP contribution in [0.1, 0.15) is 37.4 Å². The Morgan fingerprint density at radius 2 is 2.00 bits per heavy atom. The van der Waals surface area contributed by atoms with Crippen LogP contribution < -0.4 is 4.90 Å². The Morgan fingerprint density at radius 3 is 2.74 bits per heavy atom. The third-order valence-electron chi connectivity index (χ3n) is 6.56. The zero-order chi connectivity index (χ0) is 21.8. The molecule has 8 heteroatoms. The molecule has 31 heavy (non-hydrogen) atoms. The summed E-state index contributed by atoms with van der Waals surface area (Å²) in [5.74, 6) is 0.434. The van der Waals surface area contributed by atoms with Crippen molar-refractivity contribution < 1.29 is 13.2 Å². The zero-order valence-electron chi connectivity index (χ0n) is 17.3. The van der Waals surface area contributed by atoms with Gasteiger partial charge in [-0.05, 0) is 55.2 Å². The molecule has 5 rings (SSSR count). The van der Waals surface area contributed by atoms with Crippen LogP contribution in [-0.4, -0.2) is 35.4 Å². The fourth-order valence-electron chi connectivity index (χ4n) is 4.70. The molecule has 0 atom stereocenters. The molecule has 1 aliphatic carbocycles. The molecule has 0 radical (unpaired) electrons. The van der Waals surface area contributed by atoms with Crippen molar-refractivity contribution in [3.8, 4) is 0 Å². The second-order valence-electron chi connectivity index (χ2n) is 8.45. The van der Waals surface area contributed by atoms with Crippen molar-refractivity contribution in [3.05, 3.63) is 59.0 Å². The molecule has 1 spiro atoms. The van der Waals surface area contributed by atoms with E-state index < -0.39 is 9.84 Å². The van der Waals surface area contributed by atoms with Gasteiger partial charge in [-0.25, -0.2) is 8.42 Å². The molecule has 162 valence electrons. The topological polar surface area (TPSA) is 72.3 Å². The lowest BCUT2D eigenvalue weighted by Gasteiger charge is -2.20. The normalized spacial score (nSPS) is 17.0. The van der Waals surface area contributed by atoms with Gasteiger partial charge in [0.2, 0.25) is 5.91 Å². The van der Waals surface area contributed by atoms with E-state index >= 15 is 0 Å². The van der Waals surface area contributed by atoms with Crippen molar-refractivity contribution >= 4 is 43.9 Å². The van der Waals surface area contributed by atoms with Gasteiger partial charge >= 0.3 is 0 Å². The van der Waals surface area contributed by atoms with Gasteiger partial charge in [-0.1, -0.05) is 18.5 Å². The second-order valence-corrected chi connectivity index (χ2v) is 11.4. The number of amides is 1. The molecule has 2 aromatic heterocycles. The summed E-state index contributed by atoms with van der Waals surface area (Å²) in [6.45, 7) is 2.66. The van der Waals surface area contributed by atoms with Gasteiger partial charge in [0.05, 0.1) is 29.6 Å². The summed E-state index contributed by atoms with van der Waals surface area (Å²) >= 11 is 6.21. The van der Waals surface area contributed by atoms with Crippen molar-refractivity contribution in [2.75, 3.05) is 16.4 Å². The van der Waals surface area contributed by atoms with Gasteiger partial charge in [0.15, 0.2) is 0 Å². The Bertz CT molecular complexity index is 1290. The molecule has 3 heterocycles. The first-order valence-electron chi connectivity index (χ1n) is 10.6. The molecule has 1 aliphatic heterocycles. The number of fused-ring (bicyclic) bond motifs is 3. The van der Waals surface area contributed by atoms with E-state index in [1.807, 2.05) is 29.2 Å². The number of hydrogen-bond donors (Lipinski definition) is 0. The summed E-state index contributed by atoms with van der Waals surface area (Å²) in [7, 11) is -3.03. The van der Waals surface area contributed by atoms with Gasteiger partial charge in [-0.15, -0.1) is 0 Å². The average molecular weight is 458 g/mol. The minimum atomic E-state index is -3.03. The van der Waals surface area contributed by atoms with Gasteiger partial charge < -0.3 is 9.47 Å². The highest BCUT2D eigenvalue weighted by molar-refractivity contribution is 7.91. The number of anilines is 1. The summed E-state index contributed by atoms with van der Waals surface area (Å²) < 4.78 is 26.1. The number of carbonyl (C=O) groups is 1. The van der Waals surface area contributed by atoms with Crippen LogP contribution in [0.15, 0.2) is 42.7 Å². The highest BCUT2D eigenvalue weighted by Gasteiger charge is 2.59. The Balaban J connectivity index is 1.50. The summed E-state index contributed by atoms with van der Waals surface area (Å²) in [6, 6.07) is 9.72. The van der Waals surface area contributed by atoms with Crippen LogP contribution >= 0.6 is 11.6 Å². The molecule has 1 aromatic carbocycles. The third kappa shape index (κ3) is 3.44. The average Bonchev–Trinajstić information content (AvgIpc) is 3.45. The van der Waals surface area contributed by atoms with E-state index in [0.29, 0.717) is 24.5 Å². The van der Waals surface area contributed by atoms with E-state index in [1.54, 1.807) is 19.3 Å². The lowest BCUT2D eigenvalue weighted by Crippen LogP contribution is -2.32. The van der Waals surface area contributed by atoms with Crippen molar-refractivity contribution in [3.63, 3.8) is 0 Å². The number of aryl methyl sites for hydroxylation is 1. The van der Waals surface area contributed by atoms with Crippen LogP contribution in [0.2, 0.25) is 5.02 Å². The first-order chi connectivity index (χ1) is 14.8. The molecule has 6 nitrogen and oxygen atoms in total. The van der Waals surface area contributed by atoms with E-state index in [4.69, 9.17) is 11.6 Å². The highest BCUT2D eigenvalue weighted by atomic mass is 35.5. The van der Waals surface area contributed by atoms with Crippen LogP contribution in [-0.2, 0) is 33.1 Å². The van der Waals surface area contributed by atoms with Crippen LogP contribution in [0, 0.1) is 0 Å². The molecule has 1 amide bonds. The highest BCUT2D eigenvalue weighted by Crippen LogP contribution is 2.57. The van der Waals surface area contributed by atoms with E-state index in [1.165, 1.54) is 0 Å². The van der Waals surface area contributed by atoms with E-state index in [-0.39, 0.29) is 22.8 Å². The number of pyridine rings is 1. The van der Waals surface area contributed by atoms with E-state index in [9.17, 15) is 13.2 Å². The number of nitrogens with zero attached hydrogens (tertiary/aromatic N) is 3. The maximum atomic E-state index is 13.3. The van der Waals surface area contributed by atoms with E-state index in [0.717, 1.165) is 40.7 Å². The minimum Gasteiger partial charge on any atom is -0.343 e. The molecular weight excluding hydrogens is 434 g/mol.